The number of hydrogen-bond donors (Lipinski definition) is 2. The Labute approximate surface area is 81.1 Å². The first-order chi connectivity index (χ1) is 6.14. The van der Waals surface area contributed by atoms with Crippen molar-refractivity contribution in [2.75, 3.05) is 32.8 Å². The van der Waals surface area contributed by atoms with Crippen LogP contribution in [0.4, 0.5) is 0 Å². The molecular formula is C10H22N2O. The normalized spacial score (nSPS) is 19.6. The summed E-state index contributed by atoms with van der Waals surface area (Å²) in [6.07, 6.45) is 2.70. The fraction of sp³-hybridized carbons (Fsp3) is 1.00. The van der Waals surface area contributed by atoms with Crippen molar-refractivity contribution in [3.05, 3.63) is 0 Å². The van der Waals surface area contributed by atoms with Gasteiger partial charge in [-0.2, -0.15) is 0 Å². The van der Waals surface area contributed by atoms with Crippen molar-refractivity contribution >= 4 is 0 Å². The molecule has 0 saturated carbocycles. The van der Waals surface area contributed by atoms with Gasteiger partial charge in [-0.15, -0.1) is 0 Å². The lowest BCUT2D eigenvalue weighted by Crippen LogP contribution is -2.45. The summed E-state index contributed by atoms with van der Waals surface area (Å²) in [4.78, 5) is 2.47. The van der Waals surface area contributed by atoms with Gasteiger partial charge in [0.1, 0.15) is 0 Å². The molecule has 1 heterocycles. The predicted octanol–water partition coefficient (Wildman–Crippen LogP) is 0.443. The lowest BCUT2D eigenvalue weighted by molar-refractivity contribution is 0.183. The van der Waals surface area contributed by atoms with Gasteiger partial charge in [0.15, 0.2) is 0 Å². The average molecular weight is 186 g/mol. The van der Waals surface area contributed by atoms with E-state index in [1.54, 1.807) is 0 Å². The van der Waals surface area contributed by atoms with Crippen molar-refractivity contribution in [1.82, 2.24) is 10.2 Å². The first kappa shape index (κ1) is 11.0. The molecule has 0 aliphatic carbocycles. The van der Waals surface area contributed by atoms with E-state index >= 15 is 0 Å². The quantitative estimate of drug-likeness (QED) is 0.654. The van der Waals surface area contributed by atoms with Crippen LogP contribution in [0.2, 0.25) is 0 Å². The van der Waals surface area contributed by atoms with E-state index in [4.69, 9.17) is 5.11 Å². The van der Waals surface area contributed by atoms with E-state index in [0.29, 0.717) is 0 Å². The van der Waals surface area contributed by atoms with Gasteiger partial charge in [0, 0.05) is 18.6 Å². The highest BCUT2D eigenvalue weighted by Crippen LogP contribution is 2.06. The molecule has 13 heavy (non-hydrogen) atoms. The molecule has 1 aliphatic rings. The Bertz CT molecular complexity index is 142. The highest BCUT2D eigenvalue weighted by molar-refractivity contribution is 4.77. The van der Waals surface area contributed by atoms with Crippen LogP contribution in [0.1, 0.15) is 26.7 Å². The maximum Gasteiger partial charge on any atom is 0.0607 e. The summed E-state index contributed by atoms with van der Waals surface area (Å²) in [6.45, 7) is 8.85. The number of aliphatic hydroxyl groups excluding tert-OH is 1. The third-order valence-electron chi connectivity index (χ3n) is 2.63. The molecule has 0 amide bonds. The Morgan fingerprint density at radius 1 is 1.31 bits per heavy atom. The van der Waals surface area contributed by atoms with E-state index in [1.165, 1.54) is 25.9 Å². The fourth-order valence-electron chi connectivity index (χ4n) is 1.61. The standard InChI is InChI=1S/C10H22N2O/c1-10(2,9-13)11-5-8-12-6-3-4-7-12/h11,13H,3-9H2,1-2H3. The lowest BCUT2D eigenvalue weighted by Gasteiger charge is -2.25. The number of hydrogen-bond acceptors (Lipinski definition) is 3. The summed E-state index contributed by atoms with van der Waals surface area (Å²) < 4.78 is 0. The van der Waals surface area contributed by atoms with Crippen LogP contribution in [-0.4, -0.2) is 48.3 Å². The van der Waals surface area contributed by atoms with Crippen LogP contribution in [-0.2, 0) is 0 Å². The lowest BCUT2D eigenvalue weighted by atomic mass is 10.1. The number of likely N-dealkylation sites (tertiary alicyclic amines) is 1. The zero-order valence-electron chi connectivity index (χ0n) is 8.84. The molecular weight excluding hydrogens is 164 g/mol. The first-order valence-corrected chi connectivity index (χ1v) is 5.22. The Morgan fingerprint density at radius 3 is 2.46 bits per heavy atom. The Balaban J connectivity index is 2.06. The van der Waals surface area contributed by atoms with Crippen molar-refractivity contribution in [3.63, 3.8) is 0 Å². The van der Waals surface area contributed by atoms with Crippen LogP contribution in [0.15, 0.2) is 0 Å². The molecule has 0 aromatic rings. The third kappa shape index (κ3) is 4.07. The van der Waals surface area contributed by atoms with Crippen LogP contribution in [0, 0.1) is 0 Å². The second-order valence-corrected chi connectivity index (χ2v) is 4.52. The van der Waals surface area contributed by atoms with Gasteiger partial charge in [-0.25, -0.2) is 0 Å². The molecule has 2 N–H and O–H groups in total. The largest absolute Gasteiger partial charge is 0.394 e. The minimum atomic E-state index is -0.125. The van der Waals surface area contributed by atoms with Gasteiger partial charge in [-0.3, -0.25) is 0 Å². The van der Waals surface area contributed by atoms with Gasteiger partial charge in [0.2, 0.25) is 0 Å². The average Bonchev–Trinajstić information content (AvgIpc) is 2.57. The molecule has 1 saturated heterocycles. The molecule has 0 aromatic carbocycles. The zero-order valence-corrected chi connectivity index (χ0v) is 8.84. The Kier molecular flexibility index (Phi) is 4.16. The summed E-state index contributed by atoms with van der Waals surface area (Å²) in [5.41, 5.74) is -0.125. The molecule has 0 bridgehead atoms. The summed E-state index contributed by atoms with van der Waals surface area (Å²) in [5, 5.41) is 12.4. The number of rotatable bonds is 5. The second-order valence-electron chi connectivity index (χ2n) is 4.52. The van der Waals surface area contributed by atoms with Crippen LogP contribution in [0.5, 0.6) is 0 Å². The molecule has 3 heteroatoms. The van der Waals surface area contributed by atoms with Crippen molar-refractivity contribution < 1.29 is 5.11 Å². The van der Waals surface area contributed by atoms with Gasteiger partial charge in [-0.05, 0) is 39.8 Å². The van der Waals surface area contributed by atoms with Gasteiger partial charge in [0.25, 0.3) is 0 Å². The van der Waals surface area contributed by atoms with E-state index in [1.807, 2.05) is 13.8 Å². The van der Waals surface area contributed by atoms with Gasteiger partial charge in [0.05, 0.1) is 6.61 Å². The van der Waals surface area contributed by atoms with E-state index in [0.717, 1.165) is 13.1 Å². The fourth-order valence-corrected chi connectivity index (χ4v) is 1.61. The van der Waals surface area contributed by atoms with Gasteiger partial charge < -0.3 is 15.3 Å². The molecule has 78 valence electrons. The minimum absolute atomic E-state index is 0.125. The molecule has 1 fully saturated rings. The summed E-state index contributed by atoms with van der Waals surface area (Å²) in [6, 6.07) is 0. The van der Waals surface area contributed by atoms with Crippen LogP contribution < -0.4 is 5.32 Å². The molecule has 0 atom stereocenters. The van der Waals surface area contributed by atoms with Gasteiger partial charge in [-0.1, -0.05) is 0 Å². The van der Waals surface area contributed by atoms with Crippen molar-refractivity contribution in [3.8, 4) is 0 Å². The number of nitrogens with one attached hydrogen (secondary N) is 1. The van der Waals surface area contributed by atoms with E-state index in [2.05, 4.69) is 10.2 Å². The van der Waals surface area contributed by atoms with Gasteiger partial charge >= 0.3 is 0 Å². The summed E-state index contributed by atoms with van der Waals surface area (Å²) >= 11 is 0. The molecule has 3 nitrogen and oxygen atoms in total. The Morgan fingerprint density at radius 2 is 1.92 bits per heavy atom. The van der Waals surface area contributed by atoms with E-state index in [9.17, 15) is 0 Å². The van der Waals surface area contributed by atoms with E-state index in [-0.39, 0.29) is 12.1 Å². The van der Waals surface area contributed by atoms with E-state index < -0.39 is 0 Å². The molecule has 1 aliphatic heterocycles. The maximum absolute atomic E-state index is 9.01. The van der Waals surface area contributed by atoms with Crippen molar-refractivity contribution in [1.29, 1.82) is 0 Å². The van der Waals surface area contributed by atoms with Crippen LogP contribution in [0.25, 0.3) is 0 Å². The summed E-state index contributed by atoms with van der Waals surface area (Å²) in [5.74, 6) is 0. The summed E-state index contributed by atoms with van der Waals surface area (Å²) in [7, 11) is 0. The molecule has 0 radical (unpaired) electrons. The molecule has 0 unspecified atom stereocenters. The highest BCUT2D eigenvalue weighted by atomic mass is 16.3. The molecule has 0 aromatic heterocycles. The SMILES string of the molecule is CC(C)(CO)NCCN1CCCC1. The van der Waals surface area contributed by atoms with Crippen molar-refractivity contribution in [2.24, 2.45) is 0 Å². The predicted molar refractivity (Wildman–Crippen MR) is 54.8 cm³/mol. The molecule has 0 spiro atoms. The first-order valence-electron chi connectivity index (χ1n) is 5.22. The smallest absolute Gasteiger partial charge is 0.0607 e. The Hall–Kier alpha value is -0.120. The number of nitrogens with zero attached hydrogens (tertiary/aromatic N) is 1. The second kappa shape index (κ2) is 4.94. The van der Waals surface area contributed by atoms with Crippen molar-refractivity contribution in [2.45, 2.75) is 32.2 Å². The molecule has 1 rings (SSSR count). The highest BCUT2D eigenvalue weighted by Gasteiger charge is 2.16. The zero-order chi connectivity index (χ0) is 9.73. The monoisotopic (exact) mass is 186 g/mol. The number of aliphatic hydroxyl groups is 1. The maximum atomic E-state index is 9.01. The minimum Gasteiger partial charge on any atom is -0.394 e. The third-order valence-corrected chi connectivity index (χ3v) is 2.63. The van der Waals surface area contributed by atoms with Crippen LogP contribution in [0.3, 0.4) is 0 Å². The topological polar surface area (TPSA) is 35.5 Å². The van der Waals surface area contributed by atoms with Crippen LogP contribution >= 0.6 is 0 Å².